The van der Waals surface area contributed by atoms with Gasteiger partial charge in [0.2, 0.25) is 0 Å². The van der Waals surface area contributed by atoms with Crippen molar-refractivity contribution in [1.82, 2.24) is 5.32 Å². The van der Waals surface area contributed by atoms with Gasteiger partial charge in [-0.15, -0.1) is 0 Å². The maximum Gasteiger partial charge on any atom is 0.0471 e. The topological polar surface area (TPSA) is 15.3 Å². The summed E-state index contributed by atoms with van der Waals surface area (Å²) in [6, 6.07) is 7.06. The number of hydrogen-bond acceptors (Lipinski definition) is 2. The first-order valence-electron chi connectivity index (χ1n) is 8.21. The van der Waals surface area contributed by atoms with Crippen LogP contribution in [0.2, 0.25) is 5.02 Å². The molecule has 1 unspecified atom stereocenters. The fraction of sp³-hybridized carbons (Fsp3) is 0.667. The second kappa shape index (κ2) is 5.81. The van der Waals surface area contributed by atoms with Gasteiger partial charge >= 0.3 is 0 Å². The molecule has 0 amide bonds. The predicted octanol–water partition coefficient (Wildman–Crippen LogP) is 4.46. The third-order valence-corrected chi connectivity index (χ3v) is 5.35. The summed E-state index contributed by atoms with van der Waals surface area (Å²) in [6.07, 6.45) is 3.91. The van der Waals surface area contributed by atoms with E-state index in [2.05, 4.69) is 43.1 Å². The highest BCUT2D eigenvalue weighted by molar-refractivity contribution is 6.31. The molecule has 116 valence electrons. The fourth-order valence-corrected chi connectivity index (χ4v) is 3.47. The summed E-state index contributed by atoms with van der Waals surface area (Å²) in [7, 11) is 0. The van der Waals surface area contributed by atoms with E-state index >= 15 is 0 Å². The fourth-order valence-electron chi connectivity index (χ4n) is 3.24. The number of nitrogens with zero attached hydrogens (tertiary/aromatic N) is 1. The van der Waals surface area contributed by atoms with Crippen molar-refractivity contribution in [3.05, 3.63) is 28.8 Å². The summed E-state index contributed by atoms with van der Waals surface area (Å²) in [5, 5.41) is 4.51. The van der Waals surface area contributed by atoms with E-state index < -0.39 is 0 Å². The highest BCUT2D eigenvalue weighted by Crippen LogP contribution is 2.38. The van der Waals surface area contributed by atoms with Gasteiger partial charge in [-0.25, -0.2) is 0 Å². The number of nitrogens with one attached hydrogen (secondary N) is 1. The minimum absolute atomic E-state index is 0.389. The first-order valence-corrected chi connectivity index (χ1v) is 8.58. The Labute approximate surface area is 133 Å². The summed E-state index contributed by atoms with van der Waals surface area (Å²) < 4.78 is 0. The second-order valence-electron chi connectivity index (χ2n) is 7.69. The predicted molar refractivity (Wildman–Crippen MR) is 91.1 cm³/mol. The molecule has 1 saturated carbocycles. The van der Waals surface area contributed by atoms with Gasteiger partial charge in [-0.1, -0.05) is 38.4 Å². The molecule has 21 heavy (non-hydrogen) atoms. The normalized spacial score (nSPS) is 22.9. The molecule has 1 aliphatic carbocycles. The summed E-state index contributed by atoms with van der Waals surface area (Å²) in [5.41, 5.74) is 3.00. The van der Waals surface area contributed by atoms with Gasteiger partial charge in [0.05, 0.1) is 0 Å². The Morgan fingerprint density at radius 1 is 1.24 bits per heavy atom. The van der Waals surface area contributed by atoms with Crippen LogP contribution in [0, 0.1) is 11.3 Å². The van der Waals surface area contributed by atoms with Gasteiger partial charge in [0.25, 0.3) is 0 Å². The van der Waals surface area contributed by atoms with Crippen LogP contribution in [-0.2, 0) is 6.54 Å². The van der Waals surface area contributed by atoms with Crippen LogP contribution in [0.1, 0.15) is 45.6 Å². The van der Waals surface area contributed by atoms with Crippen LogP contribution in [0.4, 0.5) is 5.69 Å². The molecule has 1 heterocycles. The zero-order valence-corrected chi connectivity index (χ0v) is 14.2. The smallest absolute Gasteiger partial charge is 0.0471 e. The molecule has 0 spiro atoms. The van der Waals surface area contributed by atoms with Crippen molar-refractivity contribution >= 4 is 17.3 Å². The molecule has 0 aromatic heterocycles. The molecule has 2 nitrogen and oxygen atoms in total. The summed E-state index contributed by atoms with van der Waals surface area (Å²) in [5.74, 6) is 0.765. The van der Waals surface area contributed by atoms with E-state index in [9.17, 15) is 0 Å². The maximum absolute atomic E-state index is 6.47. The van der Waals surface area contributed by atoms with Crippen molar-refractivity contribution in [2.24, 2.45) is 11.3 Å². The van der Waals surface area contributed by atoms with Crippen molar-refractivity contribution in [2.45, 2.75) is 52.6 Å². The lowest BCUT2D eigenvalue weighted by Gasteiger charge is -2.28. The molecular weight excluding hydrogens is 280 g/mol. The Balaban J connectivity index is 1.76. The molecular formula is C18H27ClN2. The molecule has 1 aliphatic heterocycles. The van der Waals surface area contributed by atoms with E-state index in [0.29, 0.717) is 5.41 Å². The van der Waals surface area contributed by atoms with E-state index in [4.69, 9.17) is 11.6 Å². The number of rotatable bonds is 4. The third-order valence-electron chi connectivity index (χ3n) is 4.99. The van der Waals surface area contributed by atoms with Crippen molar-refractivity contribution in [1.29, 1.82) is 0 Å². The van der Waals surface area contributed by atoms with Crippen molar-refractivity contribution in [3.63, 3.8) is 0 Å². The van der Waals surface area contributed by atoms with Crippen LogP contribution < -0.4 is 10.2 Å². The molecule has 1 atom stereocenters. The van der Waals surface area contributed by atoms with Crippen LogP contribution in [0.15, 0.2) is 18.2 Å². The van der Waals surface area contributed by atoms with Gasteiger partial charge in [-0.2, -0.15) is 0 Å². The zero-order valence-electron chi connectivity index (χ0n) is 13.5. The lowest BCUT2D eigenvalue weighted by Crippen LogP contribution is -2.27. The largest absolute Gasteiger partial charge is 0.371 e. The second-order valence-corrected chi connectivity index (χ2v) is 8.10. The number of hydrogen-bond donors (Lipinski definition) is 1. The van der Waals surface area contributed by atoms with Crippen LogP contribution >= 0.6 is 11.6 Å². The highest BCUT2D eigenvalue weighted by Gasteiger charge is 2.32. The van der Waals surface area contributed by atoms with E-state index in [1.165, 1.54) is 30.5 Å². The Bertz CT molecular complexity index is 502. The van der Waals surface area contributed by atoms with Gasteiger partial charge in [0.15, 0.2) is 0 Å². The Hall–Kier alpha value is -0.730. The lowest BCUT2D eigenvalue weighted by molar-refractivity contribution is 0.263. The SMILES string of the molecule is CC(C)(C)C1CCN(c2cccc(Cl)c2CNC2CC2)C1. The van der Waals surface area contributed by atoms with Gasteiger partial charge < -0.3 is 10.2 Å². The van der Waals surface area contributed by atoms with Crippen LogP contribution in [-0.4, -0.2) is 19.1 Å². The molecule has 2 aliphatic rings. The standard InChI is InChI=1S/C18H27ClN2/c1-18(2,3)13-9-10-21(12-13)17-6-4-5-16(19)15(17)11-20-14-7-8-14/h4-6,13-14,20H,7-12H2,1-3H3. The summed E-state index contributed by atoms with van der Waals surface area (Å²) >= 11 is 6.47. The van der Waals surface area contributed by atoms with Gasteiger partial charge in [0, 0.05) is 41.9 Å². The minimum Gasteiger partial charge on any atom is -0.371 e. The molecule has 1 N–H and O–H groups in total. The molecule has 1 saturated heterocycles. The number of anilines is 1. The molecule has 1 aromatic carbocycles. The van der Waals surface area contributed by atoms with E-state index in [1.54, 1.807) is 0 Å². The monoisotopic (exact) mass is 306 g/mol. The average Bonchev–Trinajstić information content (AvgIpc) is 3.10. The van der Waals surface area contributed by atoms with E-state index in [1.807, 2.05) is 6.07 Å². The Kier molecular flexibility index (Phi) is 4.20. The van der Waals surface area contributed by atoms with Crippen molar-refractivity contribution < 1.29 is 0 Å². The lowest BCUT2D eigenvalue weighted by atomic mass is 9.80. The first kappa shape index (κ1) is 15.2. The zero-order chi connectivity index (χ0) is 15.0. The number of halogens is 1. The van der Waals surface area contributed by atoms with Crippen molar-refractivity contribution in [3.8, 4) is 0 Å². The van der Waals surface area contributed by atoms with Crippen LogP contribution in [0.5, 0.6) is 0 Å². The van der Waals surface area contributed by atoms with Crippen LogP contribution in [0.3, 0.4) is 0 Å². The Morgan fingerprint density at radius 3 is 2.62 bits per heavy atom. The summed E-state index contributed by atoms with van der Waals surface area (Å²) in [6.45, 7) is 10.3. The maximum atomic E-state index is 6.47. The average molecular weight is 307 g/mol. The Morgan fingerprint density at radius 2 is 2.00 bits per heavy atom. The highest BCUT2D eigenvalue weighted by atomic mass is 35.5. The molecule has 1 aromatic rings. The van der Waals surface area contributed by atoms with Crippen molar-refractivity contribution in [2.75, 3.05) is 18.0 Å². The molecule has 0 radical (unpaired) electrons. The third kappa shape index (κ3) is 3.54. The first-order chi connectivity index (χ1) is 9.95. The molecule has 0 bridgehead atoms. The minimum atomic E-state index is 0.389. The molecule has 3 rings (SSSR count). The quantitative estimate of drug-likeness (QED) is 0.883. The van der Waals surface area contributed by atoms with Crippen LogP contribution in [0.25, 0.3) is 0 Å². The van der Waals surface area contributed by atoms with Gasteiger partial charge in [0.1, 0.15) is 0 Å². The molecule has 3 heteroatoms. The van der Waals surface area contributed by atoms with Gasteiger partial charge in [-0.05, 0) is 42.7 Å². The van der Waals surface area contributed by atoms with Gasteiger partial charge in [-0.3, -0.25) is 0 Å². The summed E-state index contributed by atoms with van der Waals surface area (Å²) in [4.78, 5) is 2.53. The molecule has 2 fully saturated rings. The van der Waals surface area contributed by atoms with E-state index in [0.717, 1.165) is 36.6 Å². The number of benzene rings is 1. The van der Waals surface area contributed by atoms with E-state index in [-0.39, 0.29) is 0 Å².